The number of nitrogens with one attached hydrogen (secondary N) is 1. The summed E-state index contributed by atoms with van der Waals surface area (Å²) < 4.78 is 0. The van der Waals surface area contributed by atoms with Gasteiger partial charge in [0.05, 0.1) is 5.92 Å². The molecule has 134 valence electrons. The van der Waals surface area contributed by atoms with Gasteiger partial charge in [-0.3, -0.25) is 4.79 Å². The lowest BCUT2D eigenvalue weighted by molar-refractivity contribution is -0.122. The highest BCUT2D eigenvalue weighted by atomic mass is 35.5. The number of carbonyl (C=O) groups is 1. The van der Waals surface area contributed by atoms with Crippen LogP contribution in [0, 0.1) is 6.92 Å². The van der Waals surface area contributed by atoms with Gasteiger partial charge in [-0.05, 0) is 36.6 Å². The zero-order valence-corrected chi connectivity index (χ0v) is 16.0. The standard InChI is InChI=1S/C22H28ClNO/c1-3-4-5-6-7-21(19-12-8-17(2)9-13-19)22(25)24-16-18-10-14-20(23)15-11-18/h8-15,21H,3-7,16H2,1-2H3,(H,24,25). The van der Waals surface area contributed by atoms with Crippen molar-refractivity contribution in [1.82, 2.24) is 5.32 Å². The number of halogens is 1. The molecule has 1 amide bonds. The van der Waals surface area contributed by atoms with Gasteiger partial charge in [-0.25, -0.2) is 0 Å². The normalized spacial score (nSPS) is 12.0. The molecule has 3 heteroatoms. The zero-order chi connectivity index (χ0) is 18.1. The lowest BCUT2D eigenvalue weighted by Crippen LogP contribution is -2.29. The number of hydrogen-bond acceptors (Lipinski definition) is 1. The summed E-state index contributed by atoms with van der Waals surface area (Å²) in [5, 5.41) is 3.80. The van der Waals surface area contributed by atoms with Crippen LogP contribution in [0.2, 0.25) is 5.02 Å². The largest absolute Gasteiger partial charge is 0.351 e. The quantitative estimate of drug-likeness (QED) is 0.546. The number of rotatable bonds is 9. The third-order valence-electron chi connectivity index (χ3n) is 4.52. The third-order valence-corrected chi connectivity index (χ3v) is 4.77. The molecule has 0 aliphatic heterocycles. The summed E-state index contributed by atoms with van der Waals surface area (Å²) >= 11 is 5.91. The highest BCUT2D eigenvalue weighted by molar-refractivity contribution is 6.30. The molecule has 0 aliphatic rings. The van der Waals surface area contributed by atoms with Crippen molar-refractivity contribution < 1.29 is 4.79 Å². The van der Waals surface area contributed by atoms with Gasteiger partial charge < -0.3 is 5.32 Å². The molecule has 0 aliphatic carbocycles. The molecule has 0 fully saturated rings. The fraction of sp³-hybridized carbons (Fsp3) is 0.409. The predicted octanol–water partition coefficient (Wildman–Crippen LogP) is 6.02. The number of unbranched alkanes of at least 4 members (excludes halogenated alkanes) is 3. The Kier molecular flexibility index (Phi) is 8.00. The Labute approximate surface area is 156 Å². The van der Waals surface area contributed by atoms with Crippen molar-refractivity contribution in [3.8, 4) is 0 Å². The fourth-order valence-corrected chi connectivity index (χ4v) is 3.06. The highest BCUT2D eigenvalue weighted by Crippen LogP contribution is 2.24. The lowest BCUT2D eigenvalue weighted by atomic mass is 9.91. The van der Waals surface area contributed by atoms with Crippen molar-refractivity contribution in [2.45, 2.75) is 58.4 Å². The van der Waals surface area contributed by atoms with E-state index in [1.54, 1.807) is 0 Å². The van der Waals surface area contributed by atoms with Gasteiger partial charge in [0, 0.05) is 11.6 Å². The van der Waals surface area contributed by atoms with Gasteiger partial charge in [0.25, 0.3) is 0 Å². The Hall–Kier alpha value is -1.80. The number of amides is 1. The van der Waals surface area contributed by atoms with Crippen LogP contribution in [0.15, 0.2) is 48.5 Å². The Morgan fingerprint density at radius 3 is 2.32 bits per heavy atom. The van der Waals surface area contributed by atoms with E-state index >= 15 is 0 Å². The average Bonchev–Trinajstić information content (AvgIpc) is 2.62. The van der Waals surface area contributed by atoms with E-state index in [4.69, 9.17) is 11.6 Å². The second-order valence-corrected chi connectivity index (χ2v) is 7.09. The molecular formula is C22H28ClNO. The molecule has 0 saturated carbocycles. The molecule has 0 aromatic heterocycles. The monoisotopic (exact) mass is 357 g/mol. The molecule has 1 unspecified atom stereocenters. The Balaban J connectivity index is 2.00. The number of aryl methyl sites for hydroxylation is 1. The topological polar surface area (TPSA) is 29.1 Å². The van der Waals surface area contributed by atoms with Crippen LogP contribution in [-0.2, 0) is 11.3 Å². The maximum atomic E-state index is 12.8. The van der Waals surface area contributed by atoms with Crippen LogP contribution in [-0.4, -0.2) is 5.91 Å². The van der Waals surface area contributed by atoms with Gasteiger partial charge in [-0.15, -0.1) is 0 Å². The molecule has 1 atom stereocenters. The number of hydrogen-bond donors (Lipinski definition) is 1. The smallest absolute Gasteiger partial charge is 0.227 e. The first-order chi connectivity index (χ1) is 12.1. The van der Waals surface area contributed by atoms with E-state index in [0.717, 1.165) is 24.0 Å². The molecule has 0 saturated heterocycles. The maximum absolute atomic E-state index is 12.8. The van der Waals surface area contributed by atoms with E-state index in [2.05, 4.69) is 43.4 Å². The van der Waals surface area contributed by atoms with Gasteiger partial charge in [0.1, 0.15) is 0 Å². The van der Waals surface area contributed by atoms with Crippen molar-refractivity contribution in [3.63, 3.8) is 0 Å². The highest BCUT2D eigenvalue weighted by Gasteiger charge is 2.19. The van der Waals surface area contributed by atoms with Crippen LogP contribution >= 0.6 is 11.6 Å². The second-order valence-electron chi connectivity index (χ2n) is 6.66. The summed E-state index contributed by atoms with van der Waals surface area (Å²) in [4.78, 5) is 12.8. The minimum Gasteiger partial charge on any atom is -0.351 e. The molecule has 2 nitrogen and oxygen atoms in total. The average molecular weight is 358 g/mol. The molecule has 0 radical (unpaired) electrons. The first-order valence-corrected chi connectivity index (χ1v) is 9.56. The summed E-state index contributed by atoms with van der Waals surface area (Å²) in [6, 6.07) is 15.9. The molecular weight excluding hydrogens is 330 g/mol. The maximum Gasteiger partial charge on any atom is 0.227 e. The first kappa shape index (κ1) is 19.5. The molecule has 0 bridgehead atoms. The van der Waals surface area contributed by atoms with Crippen molar-refractivity contribution in [2.75, 3.05) is 0 Å². The van der Waals surface area contributed by atoms with Gasteiger partial charge in [0.2, 0.25) is 5.91 Å². The summed E-state index contributed by atoms with van der Waals surface area (Å²) in [6.07, 6.45) is 5.60. The summed E-state index contributed by atoms with van der Waals surface area (Å²) in [7, 11) is 0. The fourth-order valence-electron chi connectivity index (χ4n) is 2.94. The molecule has 0 spiro atoms. The van der Waals surface area contributed by atoms with E-state index < -0.39 is 0 Å². The van der Waals surface area contributed by atoms with E-state index in [9.17, 15) is 4.79 Å². The zero-order valence-electron chi connectivity index (χ0n) is 15.2. The van der Waals surface area contributed by atoms with Crippen LogP contribution < -0.4 is 5.32 Å². The summed E-state index contributed by atoms with van der Waals surface area (Å²) in [5.41, 5.74) is 3.39. The number of benzene rings is 2. The van der Waals surface area contributed by atoms with Crippen LogP contribution in [0.1, 0.15) is 61.6 Å². The van der Waals surface area contributed by atoms with Crippen molar-refractivity contribution >= 4 is 17.5 Å². The minimum absolute atomic E-state index is 0.0789. The SMILES string of the molecule is CCCCCCC(C(=O)NCc1ccc(Cl)cc1)c1ccc(C)cc1. The summed E-state index contributed by atoms with van der Waals surface area (Å²) in [5.74, 6) is 0.0278. The van der Waals surface area contributed by atoms with Crippen LogP contribution in [0.3, 0.4) is 0 Å². The molecule has 25 heavy (non-hydrogen) atoms. The summed E-state index contributed by atoms with van der Waals surface area (Å²) in [6.45, 7) is 4.81. The van der Waals surface area contributed by atoms with E-state index in [1.165, 1.54) is 24.8 Å². The number of carbonyl (C=O) groups excluding carboxylic acids is 1. The van der Waals surface area contributed by atoms with Gasteiger partial charge in [-0.1, -0.05) is 86.2 Å². The Bertz CT molecular complexity index is 649. The van der Waals surface area contributed by atoms with Gasteiger partial charge in [-0.2, -0.15) is 0 Å². The molecule has 2 aromatic carbocycles. The van der Waals surface area contributed by atoms with Gasteiger partial charge >= 0.3 is 0 Å². The van der Waals surface area contributed by atoms with Gasteiger partial charge in [0.15, 0.2) is 0 Å². The van der Waals surface area contributed by atoms with Crippen molar-refractivity contribution in [2.24, 2.45) is 0 Å². The molecule has 0 heterocycles. The lowest BCUT2D eigenvalue weighted by Gasteiger charge is -2.18. The molecule has 2 rings (SSSR count). The first-order valence-electron chi connectivity index (χ1n) is 9.19. The second kappa shape index (κ2) is 10.2. The van der Waals surface area contributed by atoms with Crippen LogP contribution in [0.5, 0.6) is 0 Å². The Morgan fingerprint density at radius 1 is 1.00 bits per heavy atom. The molecule has 2 aromatic rings. The van der Waals surface area contributed by atoms with E-state index in [0.29, 0.717) is 11.6 Å². The predicted molar refractivity (Wildman–Crippen MR) is 106 cm³/mol. The van der Waals surface area contributed by atoms with E-state index in [-0.39, 0.29) is 11.8 Å². The molecule has 1 N–H and O–H groups in total. The van der Waals surface area contributed by atoms with Crippen molar-refractivity contribution in [1.29, 1.82) is 0 Å². The minimum atomic E-state index is -0.0789. The van der Waals surface area contributed by atoms with Crippen molar-refractivity contribution in [3.05, 3.63) is 70.2 Å². The third kappa shape index (κ3) is 6.55. The van der Waals surface area contributed by atoms with Crippen LogP contribution in [0.25, 0.3) is 0 Å². The van der Waals surface area contributed by atoms with E-state index in [1.807, 2.05) is 24.3 Å². The van der Waals surface area contributed by atoms with Crippen LogP contribution in [0.4, 0.5) is 0 Å². The Morgan fingerprint density at radius 2 is 1.68 bits per heavy atom.